The quantitative estimate of drug-likeness (QED) is 0.448. The van der Waals surface area contributed by atoms with Gasteiger partial charge < -0.3 is 4.74 Å². The van der Waals surface area contributed by atoms with E-state index in [2.05, 4.69) is 6.58 Å². The van der Waals surface area contributed by atoms with E-state index in [4.69, 9.17) is 4.74 Å². The fourth-order valence-corrected chi connectivity index (χ4v) is 1.32. The first kappa shape index (κ1) is 8.31. The molecule has 0 N–H and O–H groups in total. The number of hydrogen-bond acceptors (Lipinski definition) is 2. The molecule has 2 atom stereocenters. The molecule has 0 spiro atoms. The third-order valence-electron chi connectivity index (χ3n) is 2.02. The summed E-state index contributed by atoms with van der Waals surface area (Å²) in [6, 6.07) is 0. The molecule has 2 heteroatoms. The van der Waals surface area contributed by atoms with Crippen LogP contribution in [0.5, 0.6) is 0 Å². The van der Waals surface area contributed by atoms with Gasteiger partial charge in [0, 0.05) is 0 Å². The lowest BCUT2D eigenvalue weighted by atomic mass is 9.95. The van der Waals surface area contributed by atoms with Gasteiger partial charge in [0.05, 0.1) is 12.0 Å². The van der Waals surface area contributed by atoms with E-state index in [0.29, 0.717) is 0 Å². The van der Waals surface area contributed by atoms with E-state index in [9.17, 15) is 4.79 Å². The van der Waals surface area contributed by atoms with Crippen LogP contribution in [0.25, 0.3) is 0 Å². The van der Waals surface area contributed by atoms with Gasteiger partial charge in [-0.05, 0) is 26.2 Å². The van der Waals surface area contributed by atoms with Crippen LogP contribution in [-0.4, -0.2) is 12.1 Å². The Labute approximate surface area is 67.2 Å². The Bertz CT molecular complexity index is 163. The van der Waals surface area contributed by atoms with E-state index >= 15 is 0 Å². The summed E-state index contributed by atoms with van der Waals surface area (Å²) in [6.07, 6.45) is 4.59. The monoisotopic (exact) mass is 154 g/mol. The SMILES string of the molecule is C=CCC1CCC(C)OC1=O. The number of ether oxygens (including phenoxy) is 1. The van der Waals surface area contributed by atoms with Crippen molar-refractivity contribution in [3.8, 4) is 0 Å². The standard InChI is InChI=1S/C9H14O2/c1-3-4-8-6-5-7(2)11-9(8)10/h3,7-8H,1,4-6H2,2H3. The Morgan fingerprint density at radius 3 is 3.00 bits per heavy atom. The summed E-state index contributed by atoms with van der Waals surface area (Å²) in [4.78, 5) is 11.1. The zero-order chi connectivity index (χ0) is 8.27. The third-order valence-corrected chi connectivity index (χ3v) is 2.02. The minimum Gasteiger partial charge on any atom is -0.462 e. The average Bonchev–Trinajstić information content (AvgIpc) is 1.95. The van der Waals surface area contributed by atoms with Crippen molar-refractivity contribution in [3.63, 3.8) is 0 Å². The molecule has 1 aliphatic rings. The summed E-state index contributed by atoms with van der Waals surface area (Å²) in [5, 5.41) is 0. The van der Waals surface area contributed by atoms with Crippen LogP contribution in [0.2, 0.25) is 0 Å². The number of cyclic esters (lactones) is 1. The van der Waals surface area contributed by atoms with Gasteiger partial charge >= 0.3 is 5.97 Å². The Hall–Kier alpha value is -0.790. The van der Waals surface area contributed by atoms with E-state index < -0.39 is 0 Å². The Kier molecular flexibility index (Phi) is 2.69. The first-order valence-corrected chi connectivity index (χ1v) is 4.05. The Morgan fingerprint density at radius 2 is 2.45 bits per heavy atom. The number of esters is 1. The summed E-state index contributed by atoms with van der Waals surface area (Å²) in [7, 11) is 0. The summed E-state index contributed by atoms with van der Waals surface area (Å²) in [6.45, 7) is 5.53. The van der Waals surface area contributed by atoms with Gasteiger partial charge in [-0.25, -0.2) is 0 Å². The molecule has 62 valence electrons. The molecule has 0 bridgehead atoms. The number of carbonyl (C=O) groups is 1. The van der Waals surface area contributed by atoms with Crippen LogP contribution in [-0.2, 0) is 9.53 Å². The van der Waals surface area contributed by atoms with Crippen molar-refractivity contribution in [2.45, 2.75) is 32.3 Å². The van der Waals surface area contributed by atoms with Gasteiger partial charge in [0.1, 0.15) is 0 Å². The van der Waals surface area contributed by atoms with E-state index in [-0.39, 0.29) is 18.0 Å². The predicted octanol–water partition coefficient (Wildman–Crippen LogP) is 1.90. The molecule has 0 aromatic heterocycles. The van der Waals surface area contributed by atoms with Gasteiger partial charge in [0.2, 0.25) is 0 Å². The molecular formula is C9H14O2. The highest BCUT2D eigenvalue weighted by Crippen LogP contribution is 2.22. The van der Waals surface area contributed by atoms with Crippen molar-refractivity contribution >= 4 is 5.97 Å². The molecule has 1 saturated heterocycles. The van der Waals surface area contributed by atoms with Crippen LogP contribution >= 0.6 is 0 Å². The molecule has 11 heavy (non-hydrogen) atoms. The molecule has 1 heterocycles. The Morgan fingerprint density at radius 1 is 1.73 bits per heavy atom. The van der Waals surface area contributed by atoms with Crippen LogP contribution in [0, 0.1) is 5.92 Å². The number of carbonyl (C=O) groups excluding carboxylic acids is 1. The molecule has 0 amide bonds. The van der Waals surface area contributed by atoms with Crippen molar-refractivity contribution in [2.75, 3.05) is 0 Å². The van der Waals surface area contributed by atoms with Gasteiger partial charge in [0.25, 0.3) is 0 Å². The second-order valence-electron chi connectivity index (χ2n) is 3.05. The number of allylic oxidation sites excluding steroid dienone is 1. The molecule has 0 radical (unpaired) electrons. The second-order valence-corrected chi connectivity index (χ2v) is 3.05. The molecular weight excluding hydrogens is 140 g/mol. The summed E-state index contributed by atoms with van der Waals surface area (Å²) < 4.78 is 5.06. The minimum atomic E-state index is -0.0522. The van der Waals surface area contributed by atoms with Crippen molar-refractivity contribution < 1.29 is 9.53 Å². The molecule has 0 saturated carbocycles. The van der Waals surface area contributed by atoms with Crippen LogP contribution in [0.4, 0.5) is 0 Å². The van der Waals surface area contributed by atoms with E-state index in [1.165, 1.54) is 0 Å². The van der Waals surface area contributed by atoms with E-state index in [0.717, 1.165) is 19.3 Å². The molecule has 2 nitrogen and oxygen atoms in total. The Balaban J connectivity index is 2.43. The molecule has 0 aromatic rings. The zero-order valence-electron chi connectivity index (χ0n) is 6.88. The molecule has 2 unspecified atom stereocenters. The third kappa shape index (κ3) is 2.07. The molecule has 0 aliphatic carbocycles. The fraction of sp³-hybridized carbons (Fsp3) is 0.667. The highest BCUT2D eigenvalue weighted by atomic mass is 16.5. The number of rotatable bonds is 2. The van der Waals surface area contributed by atoms with Crippen LogP contribution in [0.1, 0.15) is 26.2 Å². The van der Waals surface area contributed by atoms with Gasteiger partial charge in [-0.2, -0.15) is 0 Å². The maximum atomic E-state index is 11.1. The maximum absolute atomic E-state index is 11.1. The van der Waals surface area contributed by atoms with Crippen LogP contribution in [0.15, 0.2) is 12.7 Å². The maximum Gasteiger partial charge on any atom is 0.309 e. The summed E-state index contributed by atoms with van der Waals surface area (Å²) in [5.41, 5.74) is 0. The molecule has 0 aromatic carbocycles. The second kappa shape index (κ2) is 3.56. The lowest BCUT2D eigenvalue weighted by Crippen LogP contribution is -2.28. The van der Waals surface area contributed by atoms with Gasteiger partial charge in [-0.15, -0.1) is 6.58 Å². The van der Waals surface area contributed by atoms with Gasteiger partial charge in [0.15, 0.2) is 0 Å². The van der Waals surface area contributed by atoms with Crippen LogP contribution in [0.3, 0.4) is 0 Å². The minimum absolute atomic E-state index is 0.0522. The van der Waals surface area contributed by atoms with Crippen molar-refractivity contribution in [2.24, 2.45) is 5.92 Å². The zero-order valence-corrected chi connectivity index (χ0v) is 6.88. The van der Waals surface area contributed by atoms with Gasteiger partial charge in [-0.3, -0.25) is 4.79 Å². The average molecular weight is 154 g/mol. The normalized spacial score (nSPS) is 31.2. The molecule has 1 aliphatic heterocycles. The lowest BCUT2D eigenvalue weighted by molar-refractivity contribution is -0.158. The molecule has 1 fully saturated rings. The van der Waals surface area contributed by atoms with Gasteiger partial charge in [-0.1, -0.05) is 6.08 Å². The summed E-state index contributed by atoms with van der Waals surface area (Å²) in [5.74, 6) is 0.0207. The fourth-order valence-electron chi connectivity index (χ4n) is 1.32. The van der Waals surface area contributed by atoms with Crippen molar-refractivity contribution in [3.05, 3.63) is 12.7 Å². The van der Waals surface area contributed by atoms with E-state index in [1.807, 2.05) is 6.92 Å². The van der Waals surface area contributed by atoms with Crippen molar-refractivity contribution in [1.29, 1.82) is 0 Å². The summed E-state index contributed by atoms with van der Waals surface area (Å²) >= 11 is 0. The number of hydrogen-bond donors (Lipinski definition) is 0. The topological polar surface area (TPSA) is 26.3 Å². The van der Waals surface area contributed by atoms with Crippen molar-refractivity contribution in [1.82, 2.24) is 0 Å². The van der Waals surface area contributed by atoms with E-state index in [1.54, 1.807) is 6.08 Å². The first-order valence-electron chi connectivity index (χ1n) is 4.05. The molecule has 1 rings (SSSR count). The first-order chi connectivity index (χ1) is 5.24. The highest BCUT2D eigenvalue weighted by Gasteiger charge is 2.26. The predicted molar refractivity (Wildman–Crippen MR) is 43.1 cm³/mol. The lowest BCUT2D eigenvalue weighted by Gasteiger charge is -2.24. The van der Waals surface area contributed by atoms with Crippen LogP contribution < -0.4 is 0 Å². The smallest absolute Gasteiger partial charge is 0.309 e. The largest absolute Gasteiger partial charge is 0.462 e. The highest BCUT2D eigenvalue weighted by molar-refractivity contribution is 5.73.